The molecule has 0 aromatic heterocycles. The number of hydrogen-bond donors (Lipinski definition) is 0. The average molecular weight is 259 g/mol. The number of halogens is 2. The minimum atomic E-state index is -0.117. The highest BCUT2D eigenvalue weighted by Crippen LogP contribution is 2.29. The van der Waals surface area contributed by atoms with Crippen LogP contribution in [-0.2, 0) is 4.74 Å². The zero-order valence-corrected chi connectivity index (χ0v) is 10.2. The maximum absolute atomic E-state index is 11.8. The first-order valence-corrected chi connectivity index (χ1v) is 5.98. The normalized spacial score (nSPS) is 15.1. The third-order valence-electron chi connectivity index (χ3n) is 2.51. The Bertz CT molecular complexity index is 400. The molecule has 1 saturated carbocycles. The number of benzene rings is 1. The van der Waals surface area contributed by atoms with Crippen LogP contribution < -0.4 is 0 Å². The first-order valence-electron chi connectivity index (χ1n) is 5.23. The SMILES string of the molecule is O=C(COCC1CC1)c1cc(Cl)ccc1Cl. The first kappa shape index (κ1) is 11.9. The lowest BCUT2D eigenvalue weighted by Gasteiger charge is -2.05. The summed E-state index contributed by atoms with van der Waals surface area (Å²) in [5.41, 5.74) is 0.435. The Kier molecular flexibility index (Phi) is 3.85. The van der Waals surface area contributed by atoms with Crippen molar-refractivity contribution in [2.45, 2.75) is 12.8 Å². The standard InChI is InChI=1S/C12H12Cl2O2/c13-9-3-4-11(14)10(5-9)12(15)7-16-6-8-1-2-8/h3-5,8H,1-2,6-7H2. The van der Waals surface area contributed by atoms with Crippen LogP contribution in [0.1, 0.15) is 23.2 Å². The van der Waals surface area contributed by atoms with E-state index in [1.54, 1.807) is 18.2 Å². The predicted molar refractivity (Wildman–Crippen MR) is 64.3 cm³/mol. The topological polar surface area (TPSA) is 26.3 Å². The van der Waals surface area contributed by atoms with Crippen molar-refractivity contribution in [2.24, 2.45) is 5.92 Å². The van der Waals surface area contributed by atoms with Crippen molar-refractivity contribution in [1.82, 2.24) is 0 Å². The van der Waals surface area contributed by atoms with Gasteiger partial charge in [0.2, 0.25) is 0 Å². The van der Waals surface area contributed by atoms with Crippen molar-refractivity contribution in [3.05, 3.63) is 33.8 Å². The molecule has 0 aliphatic heterocycles. The molecular formula is C12H12Cl2O2. The second-order valence-corrected chi connectivity index (χ2v) is 4.85. The average Bonchev–Trinajstić information content (AvgIpc) is 3.05. The Morgan fingerprint density at radius 1 is 1.38 bits per heavy atom. The largest absolute Gasteiger partial charge is 0.373 e. The lowest BCUT2D eigenvalue weighted by atomic mass is 10.1. The number of hydrogen-bond acceptors (Lipinski definition) is 2. The number of rotatable bonds is 5. The fourth-order valence-corrected chi connectivity index (χ4v) is 1.79. The summed E-state index contributed by atoms with van der Waals surface area (Å²) in [5, 5.41) is 0.930. The fraction of sp³-hybridized carbons (Fsp3) is 0.417. The van der Waals surface area contributed by atoms with Crippen LogP contribution in [0.2, 0.25) is 10.0 Å². The van der Waals surface area contributed by atoms with E-state index in [1.807, 2.05) is 0 Å². The van der Waals surface area contributed by atoms with E-state index < -0.39 is 0 Å². The molecule has 86 valence electrons. The highest BCUT2D eigenvalue weighted by Gasteiger charge is 2.22. The molecule has 0 amide bonds. The Morgan fingerprint density at radius 3 is 2.81 bits per heavy atom. The van der Waals surface area contributed by atoms with Crippen LogP contribution >= 0.6 is 23.2 Å². The van der Waals surface area contributed by atoms with E-state index in [9.17, 15) is 4.79 Å². The van der Waals surface area contributed by atoms with Gasteiger partial charge in [0.15, 0.2) is 5.78 Å². The molecule has 0 atom stereocenters. The van der Waals surface area contributed by atoms with Crippen molar-refractivity contribution < 1.29 is 9.53 Å². The van der Waals surface area contributed by atoms with Gasteiger partial charge in [0.1, 0.15) is 6.61 Å². The van der Waals surface area contributed by atoms with Crippen molar-refractivity contribution in [3.63, 3.8) is 0 Å². The number of carbonyl (C=O) groups excluding carboxylic acids is 1. The van der Waals surface area contributed by atoms with Crippen LogP contribution in [0.25, 0.3) is 0 Å². The molecular weight excluding hydrogens is 247 g/mol. The number of carbonyl (C=O) groups is 1. The van der Waals surface area contributed by atoms with Gasteiger partial charge >= 0.3 is 0 Å². The lowest BCUT2D eigenvalue weighted by molar-refractivity contribution is 0.0740. The van der Waals surface area contributed by atoms with Gasteiger partial charge in [-0.05, 0) is 37.0 Å². The van der Waals surface area contributed by atoms with Gasteiger partial charge in [0.05, 0.1) is 11.6 Å². The zero-order valence-electron chi connectivity index (χ0n) is 8.71. The van der Waals surface area contributed by atoms with Crippen LogP contribution in [0.5, 0.6) is 0 Å². The molecule has 0 N–H and O–H groups in total. The predicted octanol–water partition coefficient (Wildman–Crippen LogP) is 3.60. The van der Waals surface area contributed by atoms with Gasteiger partial charge in [-0.2, -0.15) is 0 Å². The fourth-order valence-electron chi connectivity index (χ4n) is 1.39. The Hall–Kier alpha value is -0.570. The van der Waals surface area contributed by atoms with E-state index in [1.165, 1.54) is 12.8 Å². The van der Waals surface area contributed by atoms with Crippen LogP contribution in [0, 0.1) is 5.92 Å². The molecule has 1 aliphatic rings. The second-order valence-electron chi connectivity index (χ2n) is 4.01. The molecule has 0 unspecified atom stereocenters. The third-order valence-corrected chi connectivity index (χ3v) is 3.08. The summed E-state index contributed by atoms with van der Waals surface area (Å²) < 4.78 is 5.32. The Balaban J connectivity index is 1.93. The Morgan fingerprint density at radius 2 is 2.12 bits per heavy atom. The summed E-state index contributed by atoms with van der Waals surface area (Å²) in [5.74, 6) is 0.538. The maximum atomic E-state index is 11.8. The summed E-state index contributed by atoms with van der Waals surface area (Å²) >= 11 is 11.7. The summed E-state index contributed by atoms with van der Waals surface area (Å²) in [6.07, 6.45) is 2.43. The first-order chi connectivity index (χ1) is 7.66. The van der Waals surface area contributed by atoms with Gasteiger partial charge in [0, 0.05) is 10.6 Å². The number of ether oxygens (including phenoxy) is 1. The molecule has 1 aromatic rings. The van der Waals surface area contributed by atoms with Gasteiger partial charge in [-0.3, -0.25) is 4.79 Å². The van der Waals surface area contributed by atoms with Crippen molar-refractivity contribution in [1.29, 1.82) is 0 Å². The minimum Gasteiger partial charge on any atom is -0.373 e. The molecule has 4 heteroatoms. The third kappa shape index (κ3) is 3.21. The molecule has 0 saturated heterocycles. The van der Waals surface area contributed by atoms with E-state index in [2.05, 4.69) is 0 Å². The molecule has 2 nitrogen and oxygen atoms in total. The van der Waals surface area contributed by atoms with Crippen LogP contribution in [0.15, 0.2) is 18.2 Å². The molecule has 0 radical (unpaired) electrons. The van der Waals surface area contributed by atoms with Gasteiger partial charge in [-0.15, -0.1) is 0 Å². The van der Waals surface area contributed by atoms with E-state index in [0.717, 1.165) is 0 Å². The number of ketones is 1. The van der Waals surface area contributed by atoms with E-state index in [4.69, 9.17) is 27.9 Å². The van der Waals surface area contributed by atoms with E-state index in [-0.39, 0.29) is 12.4 Å². The van der Waals surface area contributed by atoms with Gasteiger partial charge in [0.25, 0.3) is 0 Å². The lowest BCUT2D eigenvalue weighted by Crippen LogP contribution is -2.11. The molecule has 0 heterocycles. The molecule has 0 spiro atoms. The van der Waals surface area contributed by atoms with Crippen molar-refractivity contribution in [3.8, 4) is 0 Å². The van der Waals surface area contributed by atoms with Gasteiger partial charge in [-0.1, -0.05) is 23.2 Å². The smallest absolute Gasteiger partial charge is 0.190 e. The zero-order chi connectivity index (χ0) is 11.5. The van der Waals surface area contributed by atoms with Crippen molar-refractivity contribution >= 4 is 29.0 Å². The summed E-state index contributed by atoms with van der Waals surface area (Å²) in [4.78, 5) is 11.8. The summed E-state index contributed by atoms with van der Waals surface area (Å²) in [6, 6.07) is 4.86. The molecule has 0 bridgehead atoms. The minimum absolute atomic E-state index is 0.0799. The van der Waals surface area contributed by atoms with Crippen LogP contribution in [-0.4, -0.2) is 19.0 Å². The Labute approximate surface area is 104 Å². The summed E-state index contributed by atoms with van der Waals surface area (Å²) in [7, 11) is 0. The van der Waals surface area contributed by atoms with Crippen LogP contribution in [0.3, 0.4) is 0 Å². The summed E-state index contributed by atoms with van der Waals surface area (Å²) in [6.45, 7) is 0.750. The molecule has 1 aromatic carbocycles. The highest BCUT2D eigenvalue weighted by molar-refractivity contribution is 6.35. The quantitative estimate of drug-likeness (QED) is 0.755. The van der Waals surface area contributed by atoms with Gasteiger partial charge < -0.3 is 4.74 Å². The van der Waals surface area contributed by atoms with E-state index >= 15 is 0 Å². The molecule has 1 aliphatic carbocycles. The monoisotopic (exact) mass is 258 g/mol. The maximum Gasteiger partial charge on any atom is 0.190 e. The highest BCUT2D eigenvalue weighted by atomic mass is 35.5. The van der Waals surface area contributed by atoms with Crippen LogP contribution in [0.4, 0.5) is 0 Å². The number of Topliss-reactive ketones (excluding diaryl/α,β-unsaturated/α-hetero) is 1. The second kappa shape index (κ2) is 5.17. The van der Waals surface area contributed by atoms with Crippen molar-refractivity contribution in [2.75, 3.05) is 13.2 Å². The van der Waals surface area contributed by atoms with Gasteiger partial charge in [-0.25, -0.2) is 0 Å². The molecule has 2 rings (SSSR count). The molecule has 1 fully saturated rings. The van der Waals surface area contributed by atoms with E-state index in [0.29, 0.717) is 28.1 Å². The molecule has 16 heavy (non-hydrogen) atoms.